The van der Waals surface area contributed by atoms with Crippen molar-refractivity contribution in [3.8, 4) is 0 Å². The Balaban J connectivity index is 1.76. The first-order chi connectivity index (χ1) is 11.0. The van der Waals surface area contributed by atoms with Gasteiger partial charge >= 0.3 is 4.87 Å². The van der Waals surface area contributed by atoms with E-state index in [9.17, 15) is 13.6 Å². The molecule has 3 rings (SSSR count). The van der Waals surface area contributed by atoms with Gasteiger partial charge in [0.05, 0.1) is 10.2 Å². The maximum atomic E-state index is 13.8. The van der Waals surface area contributed by atoms with E-state index in [0.717, 1.165) is 21.8 Å². The Morgan fingerprint density at radius 2 is 2.00 bits per heavy atom. The fraction of sp³-hybridized carbons (Fsp3) is 0.235. The summed E-state index contributed by atoms with van der Waals surface area (Å²) in [5, 5.41) is 3.22. The Labute approximate surface area is 136 Å². The lowest BCUT2D eigenvalue weighted by molar-refractivity contribution is 0.518. The van der Waals surface area contributed by atoms with Crippen molar-refractivity contribution in [3.05, 3.63) is 68.8 Å². The molecular weight excluding hydrogens is 318 g/mol. The van der Waals surface area contributed by atoms with Gasteiger partial charge in [0.2, 0.25) is 0 Å². The molecule has 3 aromatic rings. The number of halogens is 2. The van der Waals surface area contributed by atoms with Crippen LogP contribution in [0.15, 0.2) is 41.2 Å². The maximum absolute atomic E-state index is 13.8. The van der Waals surface area contributed by atoms with Gasteiger partial charge in [0.1, 0.15) is 11.6 Å². The standard InChI is InChI=1S/C17H16F2N2OS/c1-10(13-5-4-12(18)8-14(13)19)20-9-11-3-6-15-16(7-11)23-17(22)21(15)2/h3-8,10,20H,9H2,1-2H3/t10-/m1/s1. The number of rotatable bonds is 4. The molecule has 0 bridgehead atoms. The zero-order chi connectivity index (χ0) is 16.6. The molecule has 0 radical (unpaired) electrons. The first-order valence-corrected chi connectivity index (χ1v) is 8.04. The first kappa shape index (κ1) is 15.8. The molecule has 0 saturated heterocycles. The van der Waals surface area contributed by atoms with Crippen molar-refractivity contribution in [3.63, 3.8) is 0 Å². The second-order valence-corrected chi connectivity index (χ2v) is 6.49. The summed E-state index contributed by atoms with van der Waals surface area (Å²) < 4.78 is 29.3. The number of aromatic nitrogens is 1. The van der Waals surface area contributed by atoms with Gasteiger partial charge in [0, 0.05) is 31.3 Å². The Morgan fingerprint density at radius 3 is 2.74 bits per heavy atom. The van der Waals surface area contributed by atoms with Crippen LogP contribution in [0, 0.1) is 11.6 Å². The van der Waals surface area contributed by atoms with E-state index in [1.807, 2.05) is 25.1 Å². The van der Waals surface area contributed by atoms with Crippen molar-refractivity contribution in [2.45, 2.75) is 19.5 Å². The van der Waals surface area contributed by atoms with Gasteiger partial charge < -0.3 is 9.88 Å². The number of hydrogen-bond acceptors (Lipinski definition) is 3. The number of nitrogens with zero attached hydrogens (tertiary/aromatic N) is 1. The van der Waals surface area contributed by atoms with Gasteiger partial charge in [-0.3, -0.25) is 4.79 Å². The van der Waals surface area contributed by atoms with Crippen LogP contribution in [0.5, 0.6) is 0 Å². The molecule has 3 nitrogen and oxygen atoms in total. The molecule has 1 N–H and O–H groups in total. The summed E-state index contributed by atoms with van der Waals surface area (Å²) in [5.74, 6) is -1.13. The van der Waals surface area contributed by atoms with Crippen molar-refractivity contribution in [2.24, 2.45) is 7.05 Å². The molecule has 120 valence electrons. The Hall–Kier alpha value is -2.05. The summed E-state index contributed by atoms with van der Waals surface area (Å²) in [5.41, 5.74) is 2.34. The third kappa shape index (κ3) is 3.18. The Kier molecular flexibility index (Phi) is 4.28. The largest absolute Gasteiger partial charge is 0.307 e. The van der Waals surface area contributed by atoms with Crippen LogP contribution in [-0.2, 0) is 13.6 Å². The molecule has 0 aliphatic heterocycles. The van der Waals surface area contributed by atoms with Gasteiger partial charge in [-0.25, -0.2) is 8.78 Å². The van der Waals surface area contributed by atoms with Gasteiger partial charge in [-0.15, -0.1) is 0 Å². The highest BCUT2D eigenvalue weighted by Crippen LogP contribution is 2.20. The minimum atomic E-state index is -0.581. The molecule has 1 aromatic heterocycles. The second-order valence-electron chi connectivity index (χ2n) is 5.50. The zero-order valence-electron chi connectivity index (χ0n) is 12.8. The average molecular weight is 334 g/mol. The number of aryl methyl sites for hydroxylation is 1. The third-order valence-corrected chi connectivity index (χ3v) is 4.89. The van der Waals surface area contributed by atoms with Crippen LogP contribution in [0.2, 0.25) is 0 Å². The van der Waals surface area contributed by atoms with Crippen molar-refractivity contribution in [1.29, 1.82) is 0 Å². The first-order valence-electron chi connectivity index (χ1n) is 7.22. The molecule has 0 spiro atoms. The van der Waals surface area contributed by atoms with E-state index in [4.69, 9.17) is 0 Å². The number of fused-ring (bicyclic) bond motifs is 1. The molecule has 1 heterocycles. The highest BCUT2D eigenvalue weighted by atomic mass is 32.1. The predicted molar refractivity (Wildman–Crippen MR) is 88.7 cm³/mol. The fourth-order valence-corrected chi connectivity index (χ4v) is 3.47. The van der Waals surface area contributed by atoms with E-state index >= 15 is 0 Å². The lowest BCUT2D eigenvalue weighted by Crippen LogP contribution is -2.19. The fourth-order valence-electron chi connectivity index (χ4n) is 2.52. The van der Waals surface area contributed by atoms with Gasteiger partial charge in [-0.1, -0.05) is 23.5 Å². The summed E-state index contributed by atoms with van der Waals surface area (Å²) in [6, 6.07) is 9.16. The van der Waals surface area contributed by atoms with Crippen molar-refractivity contribution in [1.82, 2.24) is 9.88 Å². The summed E-state index contributed by atoms with van der Waals surface area (Å²) >= 11 is 1.21. The molecule has 23 heavy (non-hydrogen) atoms. The zero-order valence-corrected chi connectivity index (χ0v) is 13.6. The van der Waals surface area contributed by atoms with Crippen LogP contribution in [0.4, 0.5) is 8.78 Å². The summed E-state index contributed by atoms with van der Waals surface area (Å²) in [6.07, 6.45) is 0. The van der Waals surface area contributed by atoms with Gasteiger partial charge in [-0.05, 0) is 30.7 Å². The quantitative estimate of drug-likeness (QED) is 0.789. The second kappa shape index (κ2) is 6.22. The smallest absolute Gasteiger partial charge is 0.306 e. The van der Waals surface area contributed by atoms with E-state index in [1.54, 1.807) is 11.6 Å². The average Bonchev–Trinajstić information content (AvgIpc) is 2.79. The summed E-state index contributed by atoms with van der Waals surface area (Å²) in [4.78, 5) is 11.7. The third-order valence-electron chi connectivity index (χ3n) is 3.90. The molecule has 0 saturated carbocycles. The highest BCUT2D eigenvalue weighted by Gasteiger charge is 2.12. The number of nitrogens with one attached hydrogen (secondary N) is 1. The molecule has 0 amide bonds. The molecule has 1 atom stereocenters. The van der Waals surface area contributed by atoms with Crippen LogP contribution in [-0.4, -0.2) is 4.57 Å². The molecule has 0 unspecified atom stereocenters. The molecule has 2 aromatic carbocycles. The molecule has 6 heteroatoms. The normalized spacial score (nSPS) is 12.7. The van der Waals surface area contributed by atoms with Crippen molar-refractivity contribution < 1.29 is 8.78 Å². The van der Waals surface area contributed by atoms with Crippen LogP contribution in [0.1, 0.15) is 24.1 Å². The monoisotopic (exact) mass is 334 g/mol. The van der Waals surface area contributed by atoms with Crippen LogP contribution in [0.3, 0.4) is 0 Å². The number of thiazole rings is 1. The SMILES string of the molecule is C[C@@H](NCc1ccc2c(c1)sc(=O)n2C)c1ccc(F)cc1F. The highest BCUT2D eigenvalue weighted by molar-refractivity contribution is 7.16. The number of hydrogen-bond donors (Lipinski definition) is 1. The molecular formula is C17H16F2N2OS. The maximum Gasteiger partial charge on any atom is 0.307 e. The lowest BCUT2D eigenvalue weighted by Gasteiger charge is -2.15. The van der Waals surface area contributed by atoms with E-state index in [-0.39, 0.29) is 10.9 Å². The minimum Gasteiger partial charge on any atom is -0.306 e. The topological polar surface area (TPSA) is 34.0 Å². The summed E-state index contributed by atoms with van der Waals surface area (Å²) in [6.45, 7) is 2.36. The molecule has 0 fully saturated rings. The Bertz CT molecular complexity index is 917. The van der Waals surface area contributed by atoms with Crippen LogP contribution >= 0.6 is 11.3 Å². The van der Waals surface area contributed by atoms with E-state index in [2.05, 4.69) is 5.32 Å². The van der Waals surface area contributed by atoms with E-state index in [1.165, 1.54) is 23.5 Å². The number of benzene rings is 2. The van der Waals surface area contributed by atoms with Crippen molar-refractivity contribution >= 4 is 21.6 Å². The Morgan fingerprint density at radius 1 is 1.22 bits per heavy atom. The lowest BCUT2D eigenvalue weighted by atomic mass is 10.1. The predicted octanol–water partition coefficient (Wildman–Crippen LogP) is 3.73. The van der Waals surface area contributed by atoms with E-state index in [0.29, 0.717) is 12.1 Å². The van der Waals surface area contributed by atoms with Gasteiger partial charge in [-0.2, -0.15) is 0 Å². The molecule has 0 aliphatic carbocycles. The summed E-state index contributed by atoms with van der Waals surface area (Å²) in [7, 11) is 1.75. The van der Waals surface area contributed by atoms with Crippen LogP contribution in [0.25, 0.3) is 10.2 Å². The minimum absolute atomic E-state index is 0.00635. The molecule has 0 aliphatic rings. The van der Waals surface area contributed by atoms with Gasteiger partial charge in [0.15, 0.2) is 0 Å². The van der Waals surface area contributed by atoms with E-state index < -0.39 is 11.6 Å². The van der Waals surface area contributed by atoms with Crippen LogP contribution < -0.4 is 10.2 Å². The van der Waals surface area contributed by atoms with Crippen molar-refractivity contribution in [2.75, 3.05) is 0 Å². The van der Waals surface area contributed by atoms with Gasteiger partial charge in [0.25, 0.3) is 0 Å².